The van der Waals surface area contributed by atoms with Crippen LogP contribution >= 0.6 is 0 Å². The van der Waals surface area contributed by atoms with Gasteiger partial charge in [0.1, 0.15) is 11.5 Å². The molecular weight excluding hydrogens is 355 g/mol. The van der Waals surface area contributed by atoms with Gasteiger partial charge in [-0.15, -0.1) is 0 Å². The van der Waals surface area contributed by atoms with E-state index in [2.05, 4.69) is 22.0 Å². The molecule has 1 amide bonds. The molecule has 1 N–H and O–H groups in total. The molecule has 1 spiro atoms. The summed E-state index contributed by atoms with van der Waals surface area (Å²) < 4.78 is 13.2. The summed E-state index contributed by atoms with van der Waals surface area (Å²) in [5.41, 5.74) is 2.89. The van der Waals surface area contributed by atoms with E-state index in [-0.39, 0.29) is 17.1 Å². The third-order valence-electron chi connectivity index (χ3n) is 6.15. The van der Waals surface area contributed by atoms with Gasteiger partial charge in [-0.3, -0.25) is 14.8 Å². The topological polar surface area (TPSA) is 52.2 Å². The van der Waals surface area contributed by atoms with E-state index in [0.29, 0.717) is 5.69 Å². The van der Waals surface area contributed by atoms with Gasteiger partial charge in [0, 0.05) is 37.3 Å². The van der Waals surface area contributed by atoms with Crippen LogP contribution in [0.25, 0.3) is 0 Å². The van der Waals surface area contributed by atoms with Crippen LogP contribution in [0.3, 0.4) is 0 Å². The van der Waals surface area contributed by atoms with Crippen LogP contribution < -0.4 is 0 Å². The number of H-pyrrole nitrogens is 1. The zero-order chi connectivity index (χ0) is 19.6. The fraction of sp³-hybridized carbons (Fsp3) is 0.545. The van der Waals surface area contributed by atoms with Crippen LogP contribution in [0.2, 0.25) is 0 Å². The van der Waals surface area contributed by atoms with Crippen LogP contribution in [-0.4, -0.2) is 52.1 Å². The first kappa shape index (κ1) is 19.1. The summed E-state index contributed by atoms with van der Waals surface area (Å²) in [6.45, 7) is 6.63. The van der Waals surface area contributed by atoms with Gasteiger partial charge in [0.25, 0.3) is 5.91 Å². The quantitative estimate of drug-likeness (QED) is 0.856. The van der Waals surface area contributed by atoms with Gasteiger partial charge in [-0.05, 0) is 56.0 Å². The van der Waals surface area contributed by atoms with E-state index >= 15 is 0 Å². The van der Waals surface area contributed by atoms with Crippen LogP contribution in [0.15, 0.2) is 30.3 Å². The Bertz CT molecular complexity index is 818. The first-order valence-electron chi connectivity index (χ1n) is 10.4. The lowest BCUT2D eigenvalue weighted by atomic mass is 9.79. The average molecular weight is 384 g/mol. The van der Waals surface area contributed by atoms with Crippen molar-refractivity contribution in [3.8, 4) is 0 Å². The molecule has 4 rings (SSSR count). The number of hydrogen-bond acceptors (Lipinski definition) is 3. The molecule has 28 heavy (non-hydrogen) atoms. The summed E-state index contributed by atoms with van der Waals surface area (Å²) >= 11 is 0. The summed E-state index contributed by atoms with van der Waals surface area (Å²) in [5.74, 6) is -0.143. The summed E-state index contributed by atoms with van der Waals surface area (Å²) in [6.07, 6.45) is 5.31. The number of benzene rings is 1. The molecule has 0 aliphatic carbocycles. The number of aromatic nitrogens is 2. The molecule has 2 saturated heterocycles. The van der Waals surface area contributed by atoms with E-state index in [0.717, 1.165) is 69.7 Å². The van der Waals surface area contributed by atoms with Crippen molar-refractivity contribution in [3.63, 3.8) is 0 Å². The molecule has 0 bridgehead atoms. The highest BCUT2D eigenvalue weighted by molar-refractivity contribution is 5.92. The van der Waals surface area contributed by atoms with Crippen LogP contribution in [0.4, 0.5) is 4.39 Å². The summed E-state index contributed by atoms with van der Waals surface area (Å²) in [4.78, 5) is 17.3. The Balaban J connectivity index is 1.38. The standard InChI is InChI=1S/C22H29FN4O/c1-2-4-19-13-20(25-24-19)21(28)27-12-10-22(16-27)9-3-11-26(15-22)14-17-5-7-18(23)8-6-17/h5-8,13H,2-4,9-12,14-16H2,1H3,(H,24,25)/t22-/m0/s1. The second-order valence-corrected chi connectivity index (χ2v) is 8.45. The van der Waals surface area contributed by atoms with Crippen molar-refractivity contribution in [1.29, 1.82) is 0 Å². The van der Waals surface area contributed by atoms with Crippen molar-refractivity contribution in [2.75, 3.05) is 26.2 Å². The number of likely N-dealkylation sites (tertiary alicyclic amines) is 2. The maximum atomic E-state index is 13.2. The normalized spacial score (nSPS) is 22.9. The Morgan fingerprint density at radius 3 is 2.82 bits per heavy atom. The maximum absolute atomic E-state index is 13.2. The molecule has 2 aromatic rings. The van der Waals surface area contributed by atoms with E-state index in [1.54, 1.807) is 0 Å². The van der Waals surface area contributed by atoms with Gasteiger partial charge in [0.05, 0.1) is 0 Å². The number of piperidine rings is 1. The minimum atomic E-state index is -0.190. The number of aryl methyl sites for hydroxylation is 1. The molecule has 1 aromatic heterocycles. The molecule has 6 heteroatoms. The van der Waals surface area contributed by atoms with Crippen LogP contribution in [0, 0.1) is 11.2 Å². The zero-order valence-electron chi connectivity index (χ0n) is 16.6. The fourth-order valence-electron chi connectivity index (χ4n) is 4.77. The van der Waals surface area contributed by atoms with E-state index in [1.165, 1.54) is 18.6 Å². The van der Waals surface area contributed by atoms with Crippen molar-refractivity contribution in [2.24, 2.45) is 5.41 Å². The molecule has 0 unspecified atom stereocenters. The lowest BCUT2D eigenvalue weighted by Gasteiger charge is -2.40. The molecule has 1 atom stereocenters. The number of rotatable bonds is 5. The van der Waals surface area contributed by atoms with Gasteiger partial charge in [0.2, 0.25) is 0 Å². The summed E-state index contributed by atoms with van der Waals surface area (Å²) in [6, 6.07) is 8.70. The third-order valence-corrected chi connectivity index (χ3v) is 6.15. The monoisotopic (exact) mass is 384 g/mol. The molecule has 5 nitrogen and oxygen atoms in total. The molecule has 2 aliphatic rings. The molecule has 2 fully saturated rings. The van der Waals surface area contributed by atoms with Crippen LogP contribution in [-0.2, 0) is 13.0 Å². The van der Waals surface area contributed by atoms with Gasteiger partial charge < -0.3 is 4.90 Å². The lowest BCUT2D eigenvalue weighted by molar-refractivity contribution is 0.0671. The molecule has 150 valence electrons. The summed E-state index contributed by atoms with van der Waals surface area (Å²) in [5, 5.41) is 7.22. The Labute approximate surface area is 165 Å². The SMILES string of the molecule is CCCc1cc(C(=O)N2CC[C@]3(CCCN(Cc4ccc(F)cc4)C3)C2)n[nH]1. The number of hydrogen-bond donors (Lipinski definition) is 1. The van der Waals surface area contributed by atoms with Crippen molar-refractivity contribution >= 4 is 5.91 Å². The van der Waals surface area contributed by atoms with E-state index < -0.39 is 0 Å². The van der Waals surface area contributed by atoms with Gasteiger partial charge in [0.15, 0.2) is 0 Å². The third kappa shape index (κ3) is 4.12. The predicted octanol–water partition coefficient (Wildman–Crippen LogP) is 3.63. The van der Waals surface area contributed by atoms with Crippen molar-refractivity contribution < 1.29 is 9.18 Å². The molecule has 1 aromatic carbocycles. The lowest BCUT2D eigenvalue weighted by Crippen LogP contribution is -2.45. The van der Waals surface area contributed by atoms with Gasteiger partial charge in [-0.1, -0.05) is 25.5 Å². The number of amides is 1. The number of carbonyl (C=O) groups is 1. The molecule has 2 aliphatic heterocycles. The fourth-order valence-corrected chi connectivity index (χ4v) is 4.77. The minimum Gasteiger partial charge on any atom is -0.337 e. The predicted molar refractivity (Wildman–Crippen MR) is 106 cm³/mol. The molecule has 3 heterocycles. The number of aromatic amines is 1. The van der Waals surface area contributed by atoms with E-state index in [1.807, 2.05) is 23.1 Å². The number of carbonyl (C=O) groups excluding carboxylic acids is 1. The van der Waals surface area contributed by atoms with E-state index in [9.17, 15) is 9.18 Å². The van der Waals surface area contributed by atoms with Gasteiger partial charge >= 0.3 is 0 Å². The molecule has 0 saturated carbocycles. The Kier molecular flexibility index (Phi) is 5.49. The number of halogens is 1. The second kappa shape index (κ2) is 8.03. The number of nitrogens with zero attached hydrogens (tertiary/aromatic N) is 3. The zero-order valence-corrected chi connectivity index (χ0v) is 16.6. The van der Waals surface area contributed by atoms with Crippen molar-refractivity contribution in [3.05, 3.63) is 53.1 Å². The summed E-state index contributed by atoms with van der Waals surface area (Å²) in [7, 11) is 0. The van der Waals surface area contributed by atoms with Crippen molar-refractivity contribution in [1.82, 2.24) is 20.0 Å². The highest BCUT2D eigenvalue weighted by Crippen LogP contribution is 2.39. The average Bonchev–Trinajstić information content (AvgIpc) is 3.31. The first-order valence-corrected chi connectivity index (χ1v) is 10.4. The Morgan fingerprint density at radius 1 is 1.21 bits per heavy atom. The molecular formula is C22H29FN4O. The maximum Gasteiger partial charge on any atom is 0.274 e. The molecule has 0 radical (unpaired) electrons. The highest BCUT2D eigenvalue weighted by Gasteiger charge is 2.43. The Hall–Kier alpha value is -2.21. The van der Waals surface area contributed by atoms with Crippen molar-refractivity contribution in [2.45, 2.75) is 45.6 Å². The second-order valence-electron chi connectivity index (χ2n) is 8.45. The Morgan fingerprint density at radius 2 is 2.04 bits per heavy atom. The minimum absolute atomic E-state index is 0.0473. The van der Waals surface area contributed by atoms with Crippen LogP contribution in [0.5, 0.6) is 0 Å². The van der Waals surface area contributed by atoms with Gasteiger partial charge in [-0.25, -0.2) is 4.39 Å². The smallest absolute Gasteiger partial charge is 0.274 e. The highest BCUT2D eigenvalue weighted by atomic mass is 19.1. The van der Waals surface area contributed by atoms with Crippen LogP contribution in [0.1, 0.15) is 54.4 Å². The van der Waals surface area contributed by atoms with Gasteiger partial charge in [-0.2, -0.15) is 5.10 Å². The number of nitrogens with one attached hydrogen (secondary N) is 1. The van der Waals surface area contributed by atoms with E-state index in [4.69, 9.17) is 0 Å². The largest absolute Gasteiger partial charge is 0.337 e. The first-order chi connectivity index (χ1) is 13.6.